The Labute approximate surface area is 168 Å². The standard InChI is InChI=1S/C22H34N4O2/c27-22(24-20-7-13-28-14-8-20)19-4-2-10-26(17-19)21-5-11-25(12-6-21)16-18-3-1-9-23-15-18/h1,3,9,15,19-21H,2,4-8,10-14,16-17H2,(H,24,27)/t19-/m0/s1. The number of nitrogens with zero attached hydrogens (tertiary/aromatic N) is 3. The number of likely N-dealkylation sites (tertiary alicyclic amines) is 2. The van der Waals surface area contributed by atoms with E-state index >= 15 is 0 Å². The van der Waals surface area contributed by atoms with Gasteiger partial charge in [-0.25, -0.2) is 0 Å². The zero-order chi connectivity index (χ0) is 19.2. The molecule has 0 saturated carbocycles. The second-order valence-electron chi connectivity index (χ2n) is 8.60. The summed E-state index contributed by atoms with van der Waals surface area (Å²) < 4.78 is 5.40. The smallest absolute Gasteiger partial charge is 0.224 e. The summed E-state index contributed by atoms with van der Waals surface area (Å²) in [4.78, 5) is 22.1. The van der Waals surface area contributed by atoms with Gasteiger partial charge in [-0.3, -0.25) is 19.6 Å². The van der Waals surface area contributed by atoms with Crippen LogP contribution < -0.4 is 5.32 Å². The second-order valence-corrected chi connectivity index (χ2v) is 8.60. The lowest BCUT2D eigenvalue weighted by Gasteiger charge is -2.42. The predicted octanol–water partition coefficient (Wildman–Crippen LogP) is 2.05. The summed E-state index contributed by atoms with van der Waals surface area (Å²) in [6.07, 6.45) is 10.3. The van der Waals surface area contributed by atoms with Crippen LogP contribution in [-0.4, -0.2) is 72.2 Å². The predicted molar refractivity (Wildman–Crippen MR) is 109 cm³/mol. The molecule has 6 heteroatoms. The van der Waals surface area contributed by atoms with Gasteiger partial charge < -0.3 is 10.1 Å². The van der Waals surface area contributed by atoms with E-state index in [0.717, 1.165) is 71.6 Å². The Morgan fingerprint density at radius 2 is 1.96 bits per heavy atom. The Morgan fingerprint density at radius 1 is 1.14 bits per heavy atom. The molecule has 1 aromatic rings. The lowest BCUT2D eigenvalue weighted by molar-refractivity contribution is -0.128. The summed E-state index contributed by atoms with van der Waals surface area (Å²) in [5.74, 6) is 0.427. The zero-order valence-electron chi connectivity index (χ0n) is 16.9. The number of pyridine rings is 1. The third kappa shape index (κ3) is 5.31. The number of nitrogens with one attached hydrogen (secondary N) is 1. The molecule has 0 unspecified atom stereocenters. The van der Waals surface area contributed by atoms with Crippen molar-refractivity contribution in [3.63, 3.8) is 0 Å². The fourth-order valence-electron chi connectivity index (χ4n) is 4.91. The highest BCUT2D eigenvalue weighted by Gasteiger charge is 2.32. The molecule has 0 aliphatic carbocycles. The minimum absolute atomic E-state index is 0.157. The number of ether oxygens (including phenoxy) is 1. The van der Waals surface area contributed by atoms with Gasteiger partial charge in [0.05, 0.1) is 5.92 Å². The first-order chi connectivity index (χ1) is 13.8. The molecular formula is C22H34N4O2. The number of aromatic nitrogens is 1. The minimum Gasteiger partial charge on any atom is -0.381 e. The fourth-order valence-corrected chi connectivity index (χ4v) is 4.91. The number of hydrogen-bond donors (Lipinski definition) is 1. The van der Waals surface area contributed by atoms with Crippen molar-refractivity contribution in [1.29, 1.82) is 0 Å². The van der Waals surface area contributed by atoms with Crippen LogP contribution in [0, 0.1) is 5.92 Å². The Balaban J connectivity index is 1.23. The van der Waals surface area contributed by atoms with Gasteiger partial charge in [-0.15, -0.1) is 0 Å². The van der Waals surface area contributed by atoms with Crippen molar-refractivity contribution in [2.24, 2.45) is 5.92 Å². The van der Waals surface area contributed by atoms with E-state index in [9.17, 15) is 4.79 Å². The summed E-state index contributed by atoms with van der Waals surface area (Å²) in [5.41, 5.74) is 1.30. The highest BCUT2D eigenvalue weighted by atomic mass is 16.5. The lowest BCUT2D eigenvalue weighted by Crippen LogP contribution is -2.52. The molecule has 1 aromatic heterocycles. The van der Waals surface area contributed by atoms with Crippen LogP contribution in [0.2, 0.25) is 0 Å². The summed E-state index contributed by atoms with van der Waals surface area (Å²) in [6, 6.07) is 5.11. The van der Waals surface area contributed by atoms with Gasteiger partial charge in [0.15, 0.2) is 0 Å². The molecule has 1 atom stereocenters. The van der Waals surface area contributed by atoms with Gasteiger partial charge in [-0.2, -0.15) is 0 Å². The molecule has 0 spiro atoms. The molecule has 4 heterocycles. The van der Waals surface area contributed by atoms with Crippen molar-refractivity contribution in [3.05, 3.63) is 30.1 Å². The molecule has 0 radical (unpaired) electrons. The molecular weight excluding hydrogens is 352 g/mol. The van der Waals surface area contributed by atoms with E-state index in [2.05, 4.69) is 26.2 Å². The molecule has 0 bridgehead atoms. The Hall–Kier alpha value is -1.50. The molecule has 154 valence electrons. The van der Waals surface area contributed by atoms with E-state index in [0.29, 0.717) is 12.1 Å². The number of carbonyl (C=O) groups excluding carboxylic acids is 1. The summed E-state index contributed by atoms with van der Waals surface area (Å²) in [5, 5.41) is 3.29. The second kappa shape index (κ2) is 9.81. The van der Waals surface area contributed by atoms with Crippen LogP contribution in [0.5, 0.6) is 0 Å². The number of rotatable bonds is 5. The summed E-state index contributed by atoms with van der Waals surface area (Å²) in [6.45, 7) is 6.90. The first-order valence-corrected chi connectivity index (χ1v) is 11.0. The van der Waals surface area contributed by atoms with Crippen LogP contribution in [0.25, 0.3) is 0 Å². The molecule has 28 heavy (non-hydrogen) atoms. The van der Waals surface area contributed by atoms with E-state index in [1.54, 1.807) is 0 Å². The van der Waals surface area contributed by atoms with Gasteiger partial charge in [0.1, 0.15) is 0 Å². The van der Waals surface area contributed by atoms with Gasteiger partial charge in [0.25, 0.3) is 0 Å². The molecule has 3 fully saturated rings. The number of amides is 1. The number of piperidine rings is 2. The Kier molecular flexibility index (Phi) is 6.94. The van der Waals surface area contributed by atoms with Gasteiger partial charge in [0.2, 0.25) is 5.91 Å². The average Bonchev–Trinajstić information content (AvgIpc) is 2.76. The van der Waals surface area contributed by atoms with E-state index in [4.69, 9.17) is 4.74 Å². The van der Waals surface area contributed by atoms with Crippen molar-refractivity contribution in [2.45, 2.75) is 57.2 Å². The SMILES string of the molecule is O=C(NC1CCOCC1)[C@H]1CCCN(C2CCN(Cc3cccnc3)CC2)C1. The maximum absolute atomic E-state index is 12.8. The first-order valence-electron chi connectivity index (χ1n) is 11.0. The van der Waals surface area contributed by atoms with Crippen LogP contribution in [0.15, 0.2) is 24.5 Å². The van der Waals surface area contributed by atoms with Crippen LogP contribution in [0.1, 0.15) is 44.1 Å². The topological polar surface area (TPSA) is 57.7 Å². The van der Waals surface area contributed by atoms with E-state index < -0.39 is 0 Å². The van der Waals surface area contributed by atoms with Crippen molar-refractivity contribution in [2.75, 3.05) is 39.4 Å². The maximum atomic E-state index is 12.8. The van der Waals surface area contributed by atoms with Crippen LogP contribution in [0.3, 0.4) is 0 Å². The molecule has 1 amide bonds. The van der Waals surface area contributed by atoms with Crippen LogP contribution >= 0.6 is 0 Å². The molecule has 6 nitrogen and oxygen atoms in total. The van der Waals surface area contributed by atoms with Gasteiger partial charge in [-0.05, 0) is 69.8 Å². The fraction of sp³-hybridized carbons (Fsp3) is 0.727. The van der Waals surface area contributed by atoms with Crippen molar-refractivity contribution >= 4 is 5.91 Å². The molecule has 1 N–H and O–H groups in total. The van der Waals surface area contributed by atoms with E-state index in [-0.39, 0.29) is 11.8 Å². The summed E-state index contributed by atoms with van der Waals surface area (Å²) in [7, 11) is 0. The van der Waals surface area contributed by atoms with Crippen LogP contribution in [-0.2, 0) is 16.1 Å². The number of hydrogen-bond acceptors (Lipinski definition) is 5. The van der Waals surface area contributed by atoms with Crippen molar-refractivity contribution < 1.29 is 9.53 Å². The average molecular weight is 387 g/mol. The largest absolute Gasteiger partial charge is 0.381 e. The van der Waals surface area contributed by atoms with E-state index in [1.807, 2.05) is 18.5 Å². The van der Waals surface area contributed by atoms with Gasteiger partial charge in [0, 0.05) is 50.8 Å². The Morgan fingerprint density at radius 3 is 2.71 bits per heavy atom. The highest BCUT2D eigenvalue weighted by molar-refractivity contribution is 5.79. The zero-order valence-corrected chi connectivity index (χ0v) is 16.9. The summed E-state index contributed by atoms with van der Waals surface area (Å²) >= 11 is 0. The quantitative estimate of drug-likeness (QED) is 0.839. The molecule has 3 aliphatic rings. The normalized spacial score (nSPS) is 26.2. The molecule has 3 saturated heterocycles. The van der Waals surface area contributed by atoms with Gasteiger partial charge in [-0.1, -0.05) is 6.07 Å². The monoisotopic (exact) mass is 386 g/mol. The van der Waals surface area contributed by atoms with Crippen molar-refractivity contribution in [3.8, 4) is 0 Å². The first kappa shape index (κ1) is 19.8. The maximum Gasteiger partial charge on any atom is 0.224 e. The third-order valence-electron chi connectivity index (χ3n) is 6.59. The minimum atomic E-state index is 0.157. The van der Waals surface area contributed by atoms with Gasteiger partial charge >= 0.3 is 0 Å². The lowest BCUT2D eigenvalue weighted by atomic mass is 9.92. The van der Waals surface area contributed by atoms with Crippen molar-refractivity contribution in [1.82, 2.24) is 20.1 Å². The Bertz CT molecular complexity index is 612. The van der Waals surface area contributed by atoms with E-state index in [1.165, 1.54) is 18.4 Å². The number of carbonyl (C=O) groups is 1. The molecule has 3 aliphatic heterocycles. The highest BCUT2D eigenvalue weighted by Crippen LogP contribution is 2.25. The van der Waals surface area contributed by atoms with Crippen LogP contribution in [0.4, 0.5) is 0 Å². The third-order valence-corrected chi connectivity index (χ3v) is 6.59. The molecule has 0 aromatic carbocycles. The molecule has 4 rings (SSSR count).